The summed E-state index contributed by atoms with van der Waals surface area (Å²) in [5, 5.41) is 19.7. The van der Waals surface area contributed by atoms with Gasteiger partial charge in [-0.1, -0.05) is 6.92 Å². The van der Waals surface area contributed by atoms with E-state index in [9.17, 15) is 14.4 Å². The fourth-order valence-corrected chi connectivity index (χ4v) is 1.27. The molecule has 0 aliphatic rings. The summed E-state index contributed by atoms with van der Waals surface area (Å²) in [5.74, 6) is -1.96. The maximum absolute atomic E-state index is 11.7. The molecule has 1 unspecified atom stereocenters. The topological polar surface area (TPSA) is 116 Å². The van der Waals surface area contributed by atoms with Crippen molar-refractivity contribution in [1.82, 2.24) is 10.2 Å². The van der Waals surface area contributed by atoms with Crippen LogP contribution in [0.1, 0.15) is 20.3 Å². The van der Waals surface area contributed by atoms with Crippen LogP contribution in [0.25, 0.3) is 0 Å². The quantitative estimate of drug-likeness (QED) is 0.511. The summed E-state index contributed by atoms with van der Waals surface area (Å²) in [6.07, 6.45) is -1.04. The van der Waals surface area contributed by atoms with Crippen molar-refractivity contribution in [3.05, 3.63) is 0 Å². The zero-order valence-electron chi connectivity index (χ0n) is 11.1. The molecule has 0 aliphatic heterocycles. The first-order valence-corrected chi connectivity index (χ1v) is 6.01. The van der Waals surface area contributed by atoms with Crippen LogP contribution in [0.4, 0.5) is 4.79 Å². The van der Waals surface area contributed by atoms with Crippen molar-refractivity contribution >= 4 is 18.0 Å². The largest absolute Gasteiger partial charge is 0.479 e. The number of esters is 1. The second-order valence-corrected chi connectivity index (χ2v) is 3.77. The van der Waals surface area contributed by atoms with E-state index in [1.54, 1.807) is 6.92 Å². The number of urea groups is 1. The van der Waals surface area contributed by atoms with E-state index in [-0.39, 0.29) is 13.2 Å². The van der Waals surface area contributed by atoms with Crippen LogP contribution in [-0.4, -0.2) is 65.4 Å². The summed E-state index contributed by atoms with van der Waals surface area (Å²) < 4.78 is 4.73. The number of carbonyl (C=O) groups is 3. The molecule has 0 heterocycles. The fraction of sp³-hybridized carbons (Fsp3) is 0.727. The van der Waals surface area contributed by atoms with E-state index >= 15 is 0 Å². The molecule has 0 aromatic rings. The summed E-state index contributed by atoms with van der Waals surface area (Å²) in [5.41, 5.74) is 0. The molecule has 0 aliphatic carbocycles. The molecule has 8 nitrogen and oxygen atoms in total. The third-order valence-corrected chi connectivity index (χ3v) is 2.14. The molecule has 110 valence electrons. The molecular weight excluding hydrogens is 256 g/mol. The van der Waals surface area contributed by atoms with Gasteiger partial charge in [-0.3, -0.25) is 4.79 Å². The Morgan fingerprint density at radius 2 is 1.95 bits per heavy atom. The van der Waals surface area contributed by atoms with Gasteiger partial charge in [0.2, 0.25) is 0 Å². The summed E-state index contributed by atoms with van der Waals surface area (Å²) in [4.78, 5) is 34.6. The Labute approximate surface area is 111 Å². The van der Waals surface area contributed by atoms with Gasteiger partial charge in [-0.25, -0.2) is 9.59 Å². The van der Waals surface area contributed by atoms with Crippen LogP contribution in [0.15, 0.2) is 0 Å². The summed E-state index contributed by atoms with van der Waals surface area (Å²) in [7, 11) is 0. The van der Waals surface area contributed by atoms with Crippen LogP contribution in [0.5, 0.6) is 0 Å². The van der Waals surface area contributed by atoms with E-state index in [4.69, 9.17) is 14.9 Å². The van der Waals surface area contributed by atoms with Gasteiger partial charge in [-0.15, -0.1) is 0 Å². The summed E-state index contributed by atoms with van der Waals surface area (Å²) >= 11 is 0. The predicted octanol–water partition coefficient (Wildman–Crippen LogP) is -0.583. The Morgan fingerprint density at radius 1 is 1.32 bits per heavy atom. The number of rotatable bonds is 8. The van der Waals surface area contributed by atoms with E-state index in [1.807, 2.05) is 6.92 Å². The number of hydrogen-bond donors (Lipinski definition) is 3. The number of hydrogen-bond acceptors (Lipinski definition) is 5. The van der Waals surface area contributed by atoms with Crippen molar-refractivity contribution < 1.29 is 29.3 Å². The minimum absolute atomic E-state index is 0.212. The van der Waals surface area contributed by atoms with Crippen LogP contribution in [-0.2, 0) is 14.3 Å². The lowest BCUT2D eigenvalue weighted by molar-refractivity contribution is -0.146. The third kappa shape index (κ3) is 7.24. The molecule has 2 amide bonds. The number of carboxylic acids is 1. The molecule has 3 N–H and O–H groups in total. The Kier molecular flexibility index (Phi) is 8.27. The van der Waals surface area contributed by atoms with Crippen LogP contribution < -0.4 is 5.32 Å². The van der Waals surface area contributed by atoms with Gasteiger partial charge in [0.25, 0.3) is 0 Å². The molecule has 19 heavy (non-hydrogen) atoms. The van der Waals surface area contributed by atoms with Gasteiger partial charge in [-0.05, 0) is 13.3 Å². The number of amides is 2. The highest BCUT2D eigenvalue weighted by Crippen LogP contribution is 1.95. The molecule has 0 bridgehead atoms. The van der Waals surface area contributed by atoms with Gasteiger partial charge in [0.1, 0.15) is 6.54 Å². The van der Waals surface area contributed by atoms with E-state index in [0.29, 0.717) is 13.0 Å². The minimum Gasteiger partial charge on any atom is -0.479 e. The van der Waals surface area contributed by atoms with Crippen LogP contribution >= 0.6 is 0 Å². The van der Waals surface area contributed by atoms with Gasteiger partial charge >= 0.3 is 18.0 Å². The number of aliphatic carboxylic acids is 1. The van der Waals surface area contributed by atoms with Gasteiger partial charge in [-0.2, -0.15) is 0 Å². The summed E-state index contributed by atoms with van der Waals surface area (Å²) in [6, 6.07) is -0.616. The van der Waals surface area contributed by atoms with Gasteiger partial charge < -0.3 is 25.2 Å². The Morgan fingerprint density at radius 3 is 2.42 bits per heavy atom. The molecular formula is C11H20N2O6. The molecule has 8 heteroatoms. The highest BCUT2D eigenvalue weighted by Gasteiger charge is 2.19. The maximum Gasteiger partial charge on any atom is 0.334 e. The maximum atomic E-state index is 11.7. The molecule has 0 fully saturated rings. The number of nitrogens with one attached hydrogen (secondary N) is 1. The second kappa shape index (κ2) is 9.15. The number of ether oxygens (including phenoxy) is 1. The highest BCUT2D eigenvalue weighted by molar-refractivity contribution is 5.81. The number of nitrogens with zero attached hydrogens (tertiary/aromatic N) is 1. The third-order valence-electron chi connectivity index (χ3n) is 2.14. The van der Waals surface area contributed by atoms with Crippen molar-refractivity contribution in [2.45, 2.75) is 26.4 Å². The van der Waals surface area contributed by atoms with Crippen molar-refractivity contribution in [1.29, 1.82) is 0 Å². The van der Waals surface area contributed by atoms with Crippen LogP contribution in [0.2, 0.25) is 0 Å². The lowest BCUT2D eigenvalue weighted by Crippen LogP contribution is -2.46. The lowest BCUT2D eigenvalue weighted by Gasteiger charge is -2.21. The number of aliphatic hydroxyl groups is 1. The van der Waals surface area contributed by atoms with E-state index in [1.165, 1.54) is 4.90 Å². The van der Waals surface area contributed by atoms with Crippen LogP contribution in [0, 0.1) is 0 Å². The molecule has 0 saturated heterocycles. The van der Waals surface area contributed by atoms with Crippen molar-refractivity contribution in [2.75, 3.05) is 26.2 Å². The molecule has 0 radical (unpaired) electrons. The second-order valence-electron chi connectivity index (χ2n) is 3.77. The highest BCUT2D eigenvalue weighted by atomic mass is 16.5. The average Bonchev–Trinajstić information content (AvgIpc) is 2.35. The zero-order valence-corrected chi connectivity index (χ0v) is 11.1. The fourth-order valence-electron chi connectivity index (χ4n) is 1.27. The number of carboxylic acid groups (broad SMARTS) is 1. The first kappa shape index (κ1) is 17.2. The van der Waals surface area contributed by atoms with Gasteiger partial charge in [0.05, 0.1) is 13.2 Å². The average molecular weight is 276 g/mol. The molecule has 0 aromatic heterocycles. The SMILES string of the molecule is CCCN(CC(=O)OCC)C(=O)NCC(O)C(=O)O. The first-order valence-electron chi connectivity index (χ1n) is 6.01. The van der Waals surface area contributed by atoms with Crippen molar-refractivity contribution in [3.8, 4) is 0 Å². The van der Waals surface area contributed by atoms with Crippen LogP contribution in [0.3, 0.4) is 0 Å². The molecule has 0 saturated carbocycles. The lowest BCUT2D eigenvalue weighted by atomic mass is 10.3. The van der Waals surface area contributed by atoms with E-state index < -0.39 is 30.6 Å². The standard InChI is InChI=1S/C11H20N2O6/c1-3-5-13(7-9(15)19-4-2)11(18)12-6-8(14)10(16)17/h8,14H,3-7H2,1-2H3,(H,12,18)(H,16,17). The molecule has 0 rings (SSSR count). The minimum atomic E-state index is -1.67. The predicted molar refractivity (Wildman–Crippen MR) is 65.5 cm³/mol. The first-order chi connectivity index (χ1) is 8.92. The van der Waals surface area contributed by atoms with Gasteiger partial charge in [0.15, 0.2) is 6.10 Å². The van der Waals surface area contributed by atoms with Crippen molar-refractivity contribution in [2.24, 2.45) is 0 Å². The normalized spacial score (nSPS) is 11.5. The van der Waals surface area contributed by atoms with E-state index in [2.05, 4.69) is 5.32 Å². The van der Waals surface area contributed by atoms with Crippen molar-refractivity contribution in [3.63, 3.8) is 0 Å². The monoisotopic (exact) mass is 276 g/mol. The Bertz CT molecular complexity index is 320. The number of aliphatic hydroxyl groups excluding tert-OH is 1. The Balaban J connectivity index is 4.32. The summed E-state index contributed by atoms with van der Waals surface area (Å²) in [6.45, 7) is 3.41. The smallest absolute Gasteiger partial charge is 0.334 e. The zero-order chi connectivity index (χ0) is 14.8. The molecule has 1 atom stereocenters. The molecule has 0 spiro atoms. The number of carbonyl (C=O) groups excluding carboxylic acids is 2. The molecule has 0 aromatic carbocycles. The Hall–Kier alpha value is -1.83. The van der Waals surface area contributed by atoms with Gasteiger partial charge in [0, 0.05) is 6.54 Å². The van der Waals surface area contributed by atoms with E-state index in [0.717, 1.165) is 0 Å².